The van der Waals surface area contributed by atoms with E-state index >= 15 is 0 Å². The fourth-order valence-electron chi connectivity index (χ4n) is 2.29. The van der Waals surface area contributed by atoms with Crippen molar-refractivity contribution in [2.45, 2.75) is 6.54 Å². The lowest BCUT2D eigenvalue weighted by molar-refractivity contribution is 0.311. The molecule has 0 radical (unpaired) electrons. The molecule has 3 aromatic rings. The Kier molecular flexibility index (Phi) is 5.77. The summed E-state index contributed by atoms with van der Waals surface area (Å²) in [5.74, 6) is 1.14. The Morgan fingerprint density at radius 2 is 1.84 bits per heavy atom. The molecule has 0 saturated heterocycles. The Hall–Kier alpha value is -2.70. The zero-order valence-electron chi connectivity index (χ0n) is 13.5. The van der Waals surface area contributed by atoms with Crippen LogP contribution in [0.15, 0.2) is 54.9 Å². The summed E-state index contributed by atoms with van der Waals surface area (Å²) in [5, 5.41) is 16.0. The van der Waals surface area contributed by atoms with Gasteiger partial charge in [0.2, 0.25) is 5.95 Å². The van der Waals surface area contributed by atoms with Crippen molar-refractivity contribution >= 4 is 23.4 Å². The highest BCUT2D eigenvalue weighted by Gasteiger charge is 2.07. The summed E-state index contributed by atoms with van der Waals surface area (Å²) >= 11 is 6.02. The van der Waals surface area contributed by atoms with Gasteiger partial charge in [-0.2, -0.15) is 4.98 Å². The molecule has 6 nitrogen and oxygen atoms in total. The number of nitrogens with zero attached hydrogens (tertiary/aromatic N) is 3. The second kappa shape index (κ2) is 8.41. The van der Waals surface area contributed by atoms with Gasteiger partial charge in [-0.05, 0) is 29.8 Å². The Balaban J connectivity index is 1.84. The molecule has 7 heteroatoms. The Morgan fingerprint density at radius 3 is 2.60 bits per heavy atom. The third-order valence-corrected chi connectivity index (χ3v) is 3.69. The van der Waals surface area contributed by atoms with Crippen LogP contribution in [0.1, 0.15) is 5.56 Å². The van der Waals surface area contributed by atoms with Crippen LogP contribution in [0.4, 0.5) is 11.8 Å². The van der Waals surface area contributed by atoms with Crippen LogP contribution in [0, 0.1) is 0 Å². The third-order valence-electron chi connectivity index (χ3n) is 3.46. The number of hydrogen-bond acceptors (Lipinski definition) is 6. The van der Waals surface area contributed by atoms with Crippen molar-refractivity contribution < 1.29 is 5.11 Å². The van der Waals surface area contributed by atoms with Crippen molar-refractivity contribution in [1.29, 1.82) is 0 Å². The average Bonchev–Trinajstić information content (AvgIpc) is 2.65. The Bertz CT molecular complexity index is 829. The van der Waals surface area contributed by atoms with Crippen molar-refractivity contribution in [3.8, 4) is 11.3 Å². The van der Waals surface area contributed by atoms with Gasteiger partial charge in [0.1, 0.15) is 5.82 Å². The first-order valence-corrected chi connectivity index (χ1v) is 8.25. The summed E-state index contributed by atoms with van der Waals surface area (Å²) in [6.07, 6.45) is 3.44. The molecule has 0 unspecified atom stereocenters. The van der Waals surface area contributed by atoms with Gasteiger partial charge in [0.15, 0.2) is 0 Å². The topological polar surface area (TPSA) is 83.0 Å². The van der Waals surface area contributed by atoms with E-state index in [1.165, 1.54) is 0 Å². The predicted octanol–water partition coefficient (Wildman–Crippen LogP) is 3.21. The molecule has 2 aromatic heterocycles. The normalized spacial score (nSPS) is 10.5. The van der Waals surface area contributed by atoms with Gasteiger partial charge in [0.05, 0.1) is 12.3 Å². The molecule has 0 fully saturated rings. The highest BCUT2D eigenvalue weighted by molar-refractivity contribution is 6.30. The van der Waals surface area contributed by atoms with E-state index in [1.807, 2.05) is 42.5 Å². The van der Waals surface area contributed by atoms with E-state index in [9.17, 15) is 0 Å². The molecule has 0 aliphatic heterocycles. The zero-order valence-corrected chi connectivity index (χ0v) is 14.2. The molecule has 0 aliphatic carbocycles. The van der Waals surface area contributed by atoms with Crippen molar-refractivity contribution in [3.63, 3.8) is 0 Å². The molecule has 0 atom stereocenters. The van der Waals surface area contributed by atoms with Gasteiger partial charge >= 0.3 is 0 Å². The third kappa shape index (κ3) is 4.89. The molecule has 1 aromatic carbocycles. The number of aromatic nitrogens is 3. The van der Waals surface area contributed by atoms with Crippen molar-refractivity contribution in [3.05, 3.63) is 65.4 Å². The number of anilines is 2. The van der Waals surface area contributed by atoms with Crippen LogP contribution in [0.3, 0.4) is 0 Å². The Morgan fingerprint density at radius 1 is 1.00 bits per heavy atom. The lowest BCUT2D eigenvalue weighted by Crippen LogP contribution is -2.11. The van der Waals surface area contributed by atoms with Gasteiger partial charge in [-0.1, -0.05) is 23.7 Å². The maximum absolute atomic E-state index is 9.01. The molecule has 2 heterocycles. The maximum atomic E-state index is 9.01. The molecule has 0 bridgehead atoms. The van der Waals surface area contributed by atoms with E-state index in [1.54, 1.807) is 12.4 Å². The highest BCUT2D eigenvalue weighted by Crippen LogP contribution is 2.21. The summed E-state index contributed by atoms with van der Waals surface area (Å²) in [6.45, 7) is 0.981. The number of halogens is 1. The van der Waals surface area contributed by atoms with Gasteiger partial charge in [-0.15, -0.1) is 0 Å². The number of pyridine rings is 1. The second-order valence-electron chi connectivity index (χ2n) is 5.33. The van der Waals surface area contributed by atoms with Crippen LogP contribution in [-0.4, -0.2) is 33.2 Å². The van der Waals surface area contributed by atoms with E-state index < -0.39 is 0 Å². The minimum Gasteiger partial charge on any atom is -0.395 e. The first kappa shape index (κ1) is 17.1. The molecular formula is C18H18ClN5O. The molecule has 0 amide bonds. The maximum Gasteiger partial charge on any atom is 0.225 e. The molecule has 3 rings (SSSR count). The van der Waals surface area contributed by atoms with Crippen LogP contribution >= 0.6 is 11.6 Å². The smallest absolute Gasteiger partial charge is 0.225 e. The molecular weight excluding hydrogens is 338 g/mol. The number of hydrogen-bond donors (Lipinski definition) is 3. The quantitative estimate of drug-likeness (QED) is 0.603. The summed E-state index contributed by atoms with van der Waals surface area (Å²) in [7, 11) is 0. The van der Waals surface area contributed by atoms with E-state index in [4.69, 9.17) is 16.7 Å². The zero-order chi connectivity index (χ0) is 17.5. The fraction of sp³-hybridized carbons (Fsp3) is 0.167. The number of benzene rings is 1. The van der Waals surface area contributed by atoms with Gasteiger partial charge < -0.3 is 15.7 Å². The SMILES string of the molecule is OCCNc1nc(NCc2cccc(Cl)c2)cc(-c2ccncc2)n1. The number of nitrogens with one attached hydrogen (secondary N) is 2. The lowest BCUT2D eigenvalue weighted by Gasteiger charge is -2.11. The predicted molar refractivity (Wildman–Crippen MR) is 99.6 cm³/mol. The van der Waals surface area contributed by atoms with Crippen molar-refractivity contribution in [2.24, 2.45) is 0 Å². The average molecular weight is 356 g/mol. The van der Waals surface area contributed by atoms with Crippen LogP contribution in [0.2, 0.25) is 5.02 Å². The van der Waals surface area contributed by atoms with E-state index in [0.717, 1.165) is 16.8 Å². The van der Waals surface area contributed by atoms with Gasteiger partial charge in [0, 0.05) is 42.1 Å². The Labute approximate surface area is 150 Å². The second-order valence-corrected chi connectivity index (χ2v) is 5.77. The van der Waals surface area contributed by atoms with E-state index in [-0.39, 0.29) is 6.61 Å². The fourth-order valence-corrected chi connectivity index (χ4v) is 2.51. The summed E-state index contributed by atoms with van der Waals surface area (Å²) in [5.41, 5.74) is 2.77. The van der Waals surface area contributed by atoms with E-state index in [0.29, 0.717) is 29.9 Å². The molecule has 0 saturated carbocycles. The minimum absolute atomic E-state index is 0.00806. The van der Waals surface area contributed by atoms with Gasteiger partial charge in [-0.3, -0.25) is 4.98 Å². The monoisotopic (exact) mass is 355 g/mol. The van der Waals surface area contributed by atoms with Crippen molar-refractivity contribution in [1.82, 2.24) is 15.0 Å². The van der Waals surface area contributed by atoms with Crippen LogP contribution in [0.5, 0.6) is 0 Å². The van der Waals surface area contributed by atoms with Crippen LogP contribution < -0.4 is 10.6 Å². The lowest BCUT2D eigenvalue weighted by atomic mass is 10.2. The van der Waals surface area contributed by atoms with Gasteiger partial charge in [0.25, 0.3) is 0 Å². The van der Waals surface area contributed by atoms with Crippen molar-refractivity contribution in [2.75, 3.05) is 23.8 Å². The number of rotatable bonds is 7. The van der Waals surface area contributed by atoms with E-state index in [2.05, 4.69) is 25.6 Å². The minimum atomic E-state index is 0.00806. The highest BCUT2D eigenvalue weighted by atomic mass is 35.5. The van der Waals surface area contributed by atoms with Gasteiger partial charge in [-0.25, -0.2) is 4.98 Å². The molecule has 3 N–H and O–H groups in total. The molecule has 25 heavy (non-hydrogen) atoms. The number of aliphatic hydroxyl groups is 1. The molecule has 0 aliphatic rings. The van der Waals surface area contributed by atoms with Crippen LogP contribution in [0.25, 0.3) is 11.3 Å². The van der Waals surface area contributed by atoms with Crippen LogP contribution in [-0.2, 0) is 6.54 Å². The first-order chi connectivity index (χ1) is 12.2. The first-order valence-electron chi connectivity index (χ1n) is 7.87. The number of aliphatic hydroxyl groups excluding tert-OH is 1. The molecule has 0 spiro atoms. The summed E-state index contributed by atoms with van der Waals surface area (Å²) < 4.78 is 0. The summed E-state index contributed by atoms with van der Waals surface area (Å²) in [4.78, 5) is 13.0. The molecule has 128 valence electrons. The summed E-state index contributed by atoms with van der Waals surface area (Å²) in [6, 6.07) is 13.3. The largest absolute Gasteiger partial charge is 0.395 e. The standard InChI is InChI=1S/C18H18ClN5O/c19-15-3-1-2-13(10-15)12-22-17-11-16(14-4-6-20-7-5-14)23-18(24-17)21-8-9-25/h1-7,10-11,25H,8-9,12H2,(H2,21,22,23,24).